The number of carbonyl (C=O) groups excluding carboxylic acids is 2. The number of aliphatic hydroxyl groups is 1. The van der Waals surface area contributed by atoms with E-state index in [2.05, 4.69) is 0 Å². The quantitative estimate of drug-likeness (QED) is 0.673. The van der Waals surface area contributed by atoms with Crippen molar-refractivity contribution in [2.45, 2.75) is 37.9 Å². The summed E-state index contributed by atoms with van der Waals surface area (Å²) in [6, 6.07) is 4.78. The van der Waals surface area contributed by atoms with Crippen LogP contribution in [0.5, 0.6) is 5.75 Å². The van der Waals surface area contributed by atoms with Crippen LogP contribution in [0.1, 0.15) is 46.4 Å². The highest BCUT2D eigenvalue weighted by Crippen LogP contribution is 2.28. The van der Waals surface area contributed by atoms with E-state index in [1.54, 1.807) is 12.1 Å². The van der Waals surface area contributed by atoms with E-state index in [1.807, 2.05) is 0 Å². The van der Waals surface area contributed by atoms with Gasteiger partial charge in [0, 0.05) is 5.56 Å². The lowest BCUT2D eigenvalue weighted by Crippen LogP contribution is -2.35. The maximum Gasteiger partial charge on any atom is 0.342 e. The summed E-state index contributed by atoms with van der Waals surface area (Å²) in [4.78, 5) is 22.9. The van der Waals surface area contributed by atoms with Gasteiger partial charge in [-0.05, 0) is 25.3 Å². The van der Waals surface area contributed by atoms with Crippen LogP contribution >= 0.6 is 0 Å². The van der Waals surface area contributed by atoms with Gasteiger partial charge in [0.1, 0.15) is 17.4 Å². The van der Waals surface area contributed by atoms with Gasteiger partial charge in [-0.25, -0.2) is 4.79 Å². The largest absolute Gasteiger partial charge is 0.487 e. The molecule has 20 heavy (non-hydrogen) atoms. The van der Waals surface area contributed by atoms with Crippen molar-refractivity contribution in [1.29, 1.82) is 0 Å². The zero-order chi connectivity index (χ0) is 14.5. The highest BCUT2D eigenvalue weighted by atomic mass is 16.5. The molecule has 1 aromatic rings. The molecule has 2 unspecified atom stereocenters. The van der Waals surface area contributed by atoms with E-state index < -0.39 is 12.1 Å². The summed E-state index contributed by atoms with van der Waals surface area (Å²) in [7, 11) is 1.25. The summed E-state index contributed by atoms with van der Waals surface area (Å²) in [5.41, 5.74) is 0.336. The van der Waals surface area contributed by atoms with Crippen molar-refractivity contribution in [3.8, 4) is 5.75 Å². The van der Waals surface area contributed by atoms with Crippen molar-refractivity contribution in [2.75, 3.05) is 7.11 Å². The Kier molecular flexibility index (Phi) is 4.74. The molecule has 0 amide bonds. The molecule has 0 aromatic heterocycles. The van der Waals surface area contributed by atoms with E-state index in [0.717, 1.165) is 19.3 Å². The van der Waals surface area contributed by atoms with Gasteiger partial charge in [-0.2, -0.15) is 0 Å². The summed E-state index contributed by atoms with van der Waals surface area (Å²) in [5, 5.41) is 9.93. The van der Waals surface area contributed by atoms with E-state index in [-0.39, 0.29) is 23.0 Å². The Morgan fingerprint density at radius 1 is 1.35 bits per heavy atom. The Morgan fingerprint density at radius 2 is 2.10 bits per heavy atom. The van der Waals surface area contributed by atoms with Crippen LogP contribution in [0, 0.1) is 0 Å². The van der Waals surface area contributed by atoms with Crippen molar-refractivity contribution in [3.63, 3.8) is 0 Å². The van der Waals surface area contributed by atoms with Gasteiger partial charge in [0.15, 0.2) is 6.29 Å². The van der Waals surface area contributed by atoms with Crippen LogP contribution in [0.2, 0.25) is 0 Å². The lowest BCUT2D eigenvalue weighted by molar-refractivity contribution is 0.00585. The van der Waals surface area contributed by atoms with Gasteiger partial charge in [-0.3, -0.25) is 4.79 Å². The highest BCUT2D eigenvalue weighted by molar-refractivity contribution is 6.00. The fourth-order valence-corrected chi connectivity index (χ4v) is 2.44. The van der Waals surface area contributed by atoms with Gasteiger partial charge in [0.05, 0.1) is 13.2 Å². The fraction of sp³-hybridized carbons (Fsp3) is 0.467. The topological polar surface area (TPSA) is 72.8 Å². The van der Waals surface area contributed by atoms with Gasteiger partial charge >= 0.3 is 5.97 Å². The third kappa shape index (κ3) is 2.99. The van der Waals surface area contributed by atoms with Crippen LogP contribution in [0.15, 0.2) is 18.2 Å². The van der Waals surface area contributed by atoms with Crippen molar-refractivity contribution in [1.82, 2.24) is 0 Å². The predicted molar refractivity (Wildman–Crippen MR) is 72.1 cm³/mol. The molecule has 5 heteroatoms. The smallest absolute Gasteiger partial charge is 0.342 e. The minimum absolute atomic E-state index is 0.114. The van der Waals surface area contributed by atoms with Crippen molar-refractivity contribution < 1.29 is 24.2 Å². The number of aldehydes is 1. The molecule has 0 radical (unpaired) electrons. The molecule has 1 N–H and O–H groups in total. The van der Waals surface area contributed by atoms with Crippen LogP contribution in [-0.4, -0.2) is 36.7 Å². The molecule has 0 heterocycles. The maximum atomic E-state index is 11.8. The molecule has 5 nitrogen and oxygen atoms in total. The second kappa shape index (κ2) is 6.52. The number of rotatable bonds is 4. The van der Waals surface area contributed by atoms with Gasteiger partial charge in [0.25, 0.3) is 0 Å². The predicted octanol–water partition coefficient (Wildman–Crippen LogP) is 1.97. The average molecular weight is 278 g/mol. The molecule has 0 spiro atoms. The SMILES string of the molecule is COC(=O)c1c(C=O)cccc1OC1CCCCC1O. The molecule has 1 fully saturated rings. The third-order valence-corrected chi connectivity index (χ3v) is 3.52. The Labute approximate surface area is 117 Å². The molecule has 0 saturated heterocycles. The molecule has 108 valence electrons. The standard InChI is InChI=1S/C15H18O5/c1-19-15(18)14-10(9-16)5-4-8-13(14)20-12-7-3-2-6-11(12)17/h4-5,8-9,11-12,17H,2-3,6-7H2,1H3. The van der Waals surface area contributed by atoms with Crippen LogP contribution < -0.4 is 4.74 Å². The number of esters is 1. The first-order chi connectivity index (χ1) is 9.67. The van der Waals surface area contributed by atoms with Crippen molar-refractivity contribution in [3.05, 3.63) is 29.3 Å². The number of hydrogen-bond acceptors (Lipinski definition) is 5. The second-order valence-corrected chi connectivity index (χ2v) is 4.84. The molecular formula is C15H18O5. The molecule has 1 aliphatic carbocycles. The van der Waals surface area contributed by atoms with E-state index in [0.29, 0.717) is 12.7 Å². The summed E-state index contributed by atoms with van der Waals surface area (Å²) in [6.45, 7) is 0. The Bertz CT molecular complexity index is 497. The molecule has 1 saturated carbocycles. The van der Waals surface area contributed by atoms with E-state index in [1.165, 1.54) is 13.2 Å². The highest BCUT2D eigenvalue weighted by Gasteiger charge is 2.27. The molecule has 1 aromatic carbocycles. The first-order valence-corrected chi connectivity index (χ1v) is 6.68. The Morgan fingerprint density at radius 3 is 2.75 bits per heavy atom. The first kappa shape index (κ1) is 14.5. The van der Waals surface area contributed by atoms with E-state index in [4.69, 9.17) is 9.47 Å². The molecule has 1 aliphatic rings. The van der Waals surface area contributed by atoms with Gasteiger partial charge in [-0.1, -0.05) is 18.6 Å². The molecule has 2 atom stereocenters. The number of aliphatic hydroxyl groups excluding tert-OH is 1. The Hall–Kier alpha value is -1.88. The van der Waals surface area contributed by atoms with Crippen LogP contribution in [0.3, 0.4) is 0 Å². The zero-order valence-electron chi connectivity index (χ0n) is 11.4. The summed E-state index contributed by atoms with van der Waals surface area (Å²) in [5.74, 6) is -0.333. The number of carbonyl (C=O) groups is 2. The number of benzene rings is 1. The summed E-state index contributed by atoms with van der Waals surface area (Å²) < 4.78 is 10.4. The van der Waals surface area contributed by atoms with Crippen molar-refractivity contribution in [2.24, 2.45) is 0 Å². The van der Waals surface area contributed by atoms with Crippen LogP contribution in [0.25, 0.3) is 0 Å². The lowest BCUT2D eigenvalue weighted by Gasteiger charge is -2.28. The monoisotopic (exact) mass is 278 g/mol. The minimum Gasteiger partial charge on any atom is -0.487 e. The lowest BCUT2D eigenvalue weighted by atomic mass is 9.94. The zero-order valence-corrected chi connectivity index (χ0v) is 11.4. The number of ether oxygens (including phenoxy) is 2. The van der Waals surface area contributed by atoms with Crippen molar-refractivity contribution >= 4 is 12.3 Å². The van der Waals surface area contributed by atoms with Gasteiger partial charge in [-0.15, -0.1) is 0 Å². The van der Waals surface area contributed by atoms with Gasteiger partial charge in [0.2, 0.25) is 0 Å². The Balaban J connectivity index is 2.30. The normalized spacial score (nSPS) is 22.1. The maximum absolute atomic E-state index is 11.8. The number of methoxy groups -OCH3 is 1. The summed E-state index contributed by atoms with van der Waals surface area (Å²) >= 11 is 0. The molecule has 0 aliphatic heterocycles. The van der Waals surface area contributed by atoms with E-state index >= 15 is 0 Å². The minimum atomic E-state index is -0.618. The molecular weight excluding hydrogens is 260 g/mol. The third-order valence-electron chi connectivity index (χ3n) is 3.52. The van der Waals surface area contributed by atoms with Gasteiger partial charge < -0.3 is 14.6 Å². The molecule has 2 rings (SSSR count). The van der Waals surface area contributed by atoms with Crippen LogP contribution in [-0.2, 0) is 4.74 Å². The van der Waals surface area contributed by atoms with E-state index in [9.17, 15) is 14.7 Å². The molecule has 0 bridgehead atoms. The first-order valence-electron chi connectivity index (χ1n) is 6.68. The fourth-order valence-electron chi connectivity index (χ4n) is 2.44. The summed E-state index contributed by atoms with van der Waals surface area (Å²) in [6.07, 6.45) is 3.06. The average Bonchev–Trinajstić information content (AvgIpc) is 2.48. The van der Waals surface area contributed by atoms with Crippen LogP contribution in [0.4, 0.5) is 0 Å². The second-order valence-electron chi connectivity index (χ2n) is 4.84. The number of hydrogen-bond donors (Lipinski definition) is 1.